The van der Waals surface area contributed by atoms with Gasteiger partial charge in [0, 0.05) is 11.1 Å². The van der Waals surface area contributed by atoms with Crippen LogP contribution in [0.4, 0.5) is 0 Å². The van der Waals surface area contributed by atoms with Gasteiger partial charge in [-0.15, -0.1) is 0 Å². The Morgan fingerprint density at radius 3 is 1.75 bits per heavy atom. The maximum Gasteiger partial charge on any atom is 0.0859 e. The molecule has 0 fully saturated rings. The minimum absolute atomic E-state index is 0.00162. The lowest BCUT2D eigenvalue weighted by molar-refractivity contribution is 0.278. The first kappa shape index (κ1) is 20.9. The Bertz CT molecular complexity index is 478. The van der Waals surface area contributed by atoms with Crippen molar-refractivity contribution < 1.29 is 5.11 Å². The van der Waals surface area contributed by atoms with Gasteiger partial charge >= 0.3 is 0 Å². The average Bonchev–Trinajstić information content (AvgIpc) is 2.56. The molecule has 114 valence electrons. The van der Waals surface area contributed by atoms with Gasteiger partial charge in [-0.05, 0) is 24.8 Å². The van der Waals surface area contributed by atoms with Crippen molar-refractivity contribution in [2.45, 2.75) is 62.0 Å². The number of aromatic nitrogens is 1. The summed E-state index contributed by atoms with van der Waals surface area (Å²) in [7, 11) is 0. The number of hydrogen-bond acceptors (Lipinski definition) is 2. The summed E-state index contributed by atoms with van der Waals surface area (Å²) in [6.07, 6.45) is 0. The number of rotatable bonds is 1. The summed E-state index contributed by atoms with van der Waals surface area (Å²) in [4.78, 5) is 4.37. The molecule has 2 nitrogen and oxygen atoms in total. The first-order valence-electron chi connectivity index (χ1n) is 7.69. The lowest BCUT2D eigenvalue weighted by Gasteiger charge is -2.08. The van der Waals surface area contributed by atoms with E-state index in [1.165, 1.54) is 10.9 Å². The summed E-state index contributed by atoms with van der Waals surface area (Å²) >= 11 is 0. The van der Waals surface area contributed by atoms with Crippen LogP contribution in [0.1, 0.15) is 58.5 Å². The largest absolute Gasteiger partial charge is 0.390 e. The van der Waals surface area contributed by atoms with Crippen LogP contribution in [-0.4, -0.2) is 10.1 Å². The number of hydrogen-bond donors (Lipinski definition) is 1. The predicted octanol–water partition coefficient (Wildman–Crippen LogP) is 5.42. The van der Waals surface area contributed by atoms with Crippen molar-refractivity contribution in [1.82, 2.24) is 4.98 Å². The molecule has 1 heterocycles. The zero-order valence-corrected chi connectivity index (χ0v) is 14.4. The second-order valence-electron chi connectivity index (χ2n) is 3.47. The van der Waals surface area contributed by atoms with Crippen molar-refractivity contribution in [1.29, 1.82) is 0 Å². The van der Waals surface area contributed by atoms with Gasteiger partial charge in [-0.2, -0.15) is 0 Å². The molecule has 2 aromatic rings. The van der Waals surface area contributed by atoms with Crippen molar-refractivity contribution in [2.24, 2.45) is 0 Å². The van der Waals surface area contributed by atoms with Crippen LogP contribution < -0.4 is 0 Å². The SMILES string of the molecule is CC.CC.CC.Cc1nc(CO)c2ccccc2c1C. The van der Waals surface area contributed by atoms with E-state index in [0.29, 0.717) is 0 Å². The Morgan fingerprint density at radius 2 is 1.30 bits per heavy atom. The third-order valence-electron chi connectivity index (χ3n) is 2.64. The molecule has 0 atom stereocenters. The van der Waals surface area contributed by atoms with E-state index < -0.39 is 0 Å². The minimum atomic E-state index is 0.00162. The third kappa shape index (κ3) is 5.30. The van der Waals surface area contributed by atoms with Gasteiger partial charge in [0.25, 0.3) is 0 Å². The Hall–Kier alpha value is -1.41. The predicted molar refractivity (Wildman–Crippen MR) is 91.2 cm³/mol. The quantitative estimate of drug-likeness (QED) is 0.754. The van der Waals surface area contributed by atoms with E-state index in [9.17, 15) is 5.11 Å². The Balaban J connectivity index is 0. The molecule has 0 saturated heterocycles. The van der Waals surface area contributed by atoms with Crippen LogP contribution in [0.3, 0.4) is 0 Å². The van der Waals surface area contributed by atoms with Crippen LogP contribution >= 0.6 is 0 Å². The van der Waals surface area contributed by atoms with Crippen molar-refractivity contribution in [3.05, 3.63) is 41.2 Å². The van der Waals surface area contributed by atoms with Crippen molar-refractivity contribution in [3.63, 3.8) is 0 Å². The second kappa shape index (κ2) is 12.6. The van der Waals surface area contributed by atoms with Crippen LogP contribution in [0.15, 0.2) is 24.3 Å². The number of benzene rings is 1. The molecule has 0 saturated carbocycles. The van der Waals surface area contributed by atoms with Crippen molar-refractivity contribution in [2.75, 3.05) is 0 Å². The highest BCUT2D eigenvalue weighted by Crippen LogP contribution is 2.22. The van der Waals surface area contributed by atoms with E-state index in [-0.39, 0.29) is 6.61 Å². The van der Waals surface area contributed by atoms with Crippen molar-refractivity contribution in [3.8, 4) is 0 Å². The monoisotopic (exact) mass is 277 g/mol. The van der Waals surface area contributed by atoms with E-state index in [2.05, 4.69) is 18.0 Å². The van der Waals surface area contributed by atoms with E-state index in [1.807, 2.05) is 66.7 Å². The Labute approximate surface area is 124 Å². The molecule has 1 aromatic carbocycles. The highest BCUT2D eigenvalue weighted by Gasteiger charge is 2.06. The van der Waals surface area contributed by atoms with Gasteiger partial charge in [0.1, 0.15) is 0 Å². The summed E-state index contributed by atoms with van der Waals surface area (Å²) in [5.41, 5.74) is 2.95. The van der Waals surface area contributed by atoms with Gasteiger partial charge in [0.15, 0.2) is 0 Å². The normalized spacial score (nSPS) is 8.45. The molecule has 2 heteroatoms. The molecule has 0 amide bonds. The molecule has 0 aliphatic carbocycles. The van der Waals surface area contributed by atoms with Crippen LogP contribution in [-0.2, 0) is 6.61 Å². The molecule has 0 bridgehead atoms. The molecule has 0 spiro atoms. The number of aryl methyl sites for hydroxylation is 2. The fourth-order valence-electron chi connectivity index (χ4n) is 1.72. The van der Waals surface area contributed by atoms with Gasteiger partial charge in [-0.25, -0.2) is 0 Å². The zero-order chi connectivity index (χ0) is 16.1. The molecule has 1 aromatic heterocycles. The van der Waals surface area contributed by atoms with E-state index in [1.54, 1.807) is 0 Å². The van der Waals surface area contributed by atoms with Gasteiger partial charge < -0.3 is 5.11 Å². The number of aliphatic hydroxyl groups is 1. The van der Waals surface area contributed by atoms with Crippen LogP contribution in [0.25, 0.3) is 10.8 Å². The fraction of sp³-hybridized carbons (Fsp3) is 0.500. The van der Waals surface area contributed by atoms with Gasteiger partial charge in [0.2, 0.25) is 0 Å². The fourth-order valence-corrected chi connectivity index (χ4v) is 1.72. The smallest absolute Gasteiger partial charge is 0.0859 e. The number of nitrogens with zero attached hydrogens (tertiary/aromatic N) is 1. The topological polar surface area (TPSA) is 33.1 Å². The van der Waals surface area contributed by atoms with E-state index in [4.69, 9.17) is 0 Å². The van der Waals surface area contributed by atoms with Crippen molar-refractivity contribution >= 4 is 10.8 Å². The Kier molecular flexibility index (Phi) is 13.2. The molecule has 0 aliphatic heterocycles. The summed E-state index contributed by atoms with van der Waals surface area (Å²) < 4.78 is 0. The molecule has 1 N–H and O–H groups in total. The molecular formula is C18H31NO. The molecule has 20 heavy (non-hydrogen) atoms. The summed E-state index contributed by atoms with van der Waals surface area (Å²) in [6.45, 7) is 16.0. The Morgan fingerprint density at radius 1 is 0.850 bits per heavy atom. The number of pyridine rings is 1. The first-order valence-corrected chi connectivity index (χ1v) is 7.69. The van der Waals surface area contributed by atoms with Gasteiger partial charge in [-0.1, -0.05) is 65.8 Å². The molecule has 0 unspecified atom stereocenters. The number of aliphatic hydroxyl groups excluding tert-OH is 1. The van der Waals surface area contributed by atoms with Gasteiger partial charge in [-0.3, -0.25) is 4.98 Å². The van der Waals surface area contributed by atoms with Crippen LogP contribution in [0.5, 0.6) is 0 Å². The maximum absolute atomic E-state index is 9.19. The highest BCUT2D eigenvalue weighted by atomic mass is 16.3. The van der Waals surface area contributed by atoms with E-state index >= 15 is 0 Å². The van der Waals surface area contributed by atoms with Gasteiger partial charge in [0.05, 0.1) is 12.3 Å². The van der Waals surface area contributed by atoms with E-state index in [0.717, 1.165) is 16.8 Å². The maximum atomic E-state index is 9.19. The molecule has 0 radical (unpaired) electrons. The molecular weight excluding hydrogens is 246 g/mol. The lowest BCUT2D eigenvalue weighted by Crippen LogP contribution is -1.97. The van der Waals surface area contributed by atoms with Crippen LogP contribution in [0.2, 0.25) is 0 Å². The molecule has 0 aliphatic rings. The summed E-state index contributed by atoms with van der Waals surface area (Å²) in [5, 5.41) is 11.4. The average molecular weight is 277 g/mol. The van der Waals surface area contributed by atoms with Crippen LogP contribution in [0, 0.1) is 13.8 Å². The molecule has 2 rings (SSSR count). The standard InChI is InChI=1S/C12H13NO.3C2H6/c1-8-9(2)13-12(7-14)11-6-4-3-5-10(8)11;3*1-2/h3-6,14H,7H2,1-2H3;3*1-2H3. The zero-order valence-electron chi connectivity index (χ0n) is 14.4. The number of fused-ring (bicyclic) bond motifs is 1. The third-order valence-corrected chi connectivity index (χ3v) is 2.64. The minimum Gasteiger partial charge on any atom is -0.390 e. The lowest BCUT2D eigenvalue weighted by atomic mass is 10.0. The highest BCUT2D eigenvalue weighted by molar-refractivity contribution is 5.87. The summed E-state index contributed by atoms with van der Waals surface area (Å²) in [5.74, 6) is 0. The summed E-state index contributed by atoms with van der Waals surface area (Å²) in [6, 6.07) is 8.05. The second-order valence-corrected chi connectivity index (χ2v) is 3.47. The first-order chi connectivity index (χ1) is 9.74.